The zero-order valence-corrected chi connectivity index (χ0v) is 6.40. The van der Waals surface area contributed by atoms with Crippen molar-refractivity contribution in [1.29, 1.82) is 0 Å². The number of nitrogens with two attached hydrogens (primary N) is 1. The quantitative estimate of drug-likeness (QED) is 0.517. The Labute approximate surface area is 69.5 Å². The van der Waals surface area contributed by atoms with Crippen LogP contribution < -0.4 is 5.73 Å². The molecule has 0 saturated heterocycles. The van der Waals surface area contributed by atoms with Crippen LogP contribution in [0.2, 0.25) is 0 Å². The Kier molecular flexibility index (Phi) is 2.09. The topological polar surface area (TPSA) is 66.3 Å². The molecule has 0 atom stereocenters. The van der Waals surface area contributed by atoms with E-state index in [4.69, 9.17) is 10.9 Å². The van der Waals surface area contributed by atoms with Gasteiger partial charge in [-0.2, -0.15) is 0 Å². The summed E-state index contributed by atoms with van der Waals surface area (Å²) in [5, 5.41) is 8.59. The highest BCUT2D eigenvalue weighted by Gasteiger charge is 2.17. The molecule has 0 aliphatic carbocycles. The van der Waals surface area contributed by atoms with Crippen molar-refractivity contribution in [3.63, 3.8) is 0 Å². The molecule has 3 N–H and O–H groups in total. The maximum Gasteiger partial charge on any atom is 0.339 e. The van der Waals surface area contributed by atoms with Gasteiger partial charge in [0.05, 0.1) is 4.91 Å². The summed E-state index contributed by atoms with van der Waals surface area (Å²) in [5.74, 6) is 0. The molecule has 0 spiro atoms. The molecule has 0 aromatic heterocycles. The highest BCUT2D eigenvalue weighted by molar-refractivity contribution is 5.72. The van der Waals surface area contributed by atoms with Crippen molar-refractivity contribution >= 4 is 17.5 Å². The summed E-state index contributed by atoms with van der Waals surface area (Å²) in [6.07, 6.45) is 1.52. The van der Waals surface area contributed by atoms with Gasteiger partial charge in [-0.3, -0.25) is 0 Å². The third-order valence-electron chi connectivity index (χ3n) is 1.54. The number of para-hydroxylation sites is 1. The molecule has 1 rings (SSSR count). The predicted octanol–water partition coefficient (Wildman–Crippen LogP) is 1.71. The predicted molar refractivity (Wildman–Crippen MR) is 46.0 cm³/mol. The van der Waals surface area contributed by atoms with Crippen molar-refractivity contribution in [2.45, 2.75) is 0 Å². The zero-order valence-electron chi connectivity index (χ0n) is 6.40. The smallest absolute Gasteiger partial charge is 0.339 e. The minimum Gasteiger partial charge on any atom is -0.393 e. The van der Waals surface area contributed by atoms with Gasteiger partial charge in [-0.15, -0.1) is 0 Å². The van der Waals surface area contributed by atoms with Crippen LogP contribution >= 0.6 is 0 Å². The first-order valence-electron chi connectivity index (χ1n) is 3.34. The van der Waals surface area contributed by atoms with Gasteiger partial charge in [-0.1, -0.05) is 24.8 Å². The first-order valence-corrected chi connectivity index (χ1v) is 3.34. The Hall–Kier alpha value is -1.84. The number of hydrogen-bond acceptors (Lipinski definition) is 2. The van der Waals surface area contributed by atoms with Gasteiger partial charge in [-0.05, 0) is 0 Å². The molecule has 1 aromatic rings. The van der Waals surface area contributed by atoms with Crippen molar-refractivity contribution in [3.05, 3.63) is 35.2 Å². The zero-order chi connectivity index (χ0) is 9.14. The molecule has 62 valence electrons. The van der Waals surface area contributed by atoms with Crippen LogP contribution in [0.15, 0.2) is 24.8 Å². The van der Waals surface area contributed by atoms with E-state index in [9.17, 15) is 4.91 Å². The number of nitrogen functional groups attached to an aromatic ring is 1. The van der Waals surface area contributed by atoms with Crippen LogP contribution in [-0.4, -0.2) is 10.1 Å². The summed E-state index contributed by atoms with van der Waals surface area (Å²) in [4.78, 5) is 10.2. The molecule has 12 heavy (non-hydrogen) atoms. The average molecular weight is 165 g/mol. The molecular weight excluding hydrogens is 156 g/mol. The standard InChI is InChI=1S/C8H9N2O2/c1-2-6-4-3-5-7(8(6)9)10(11)12/h2-5H,1,9H2,(H,11,12)/q+1. The summed E-state index contributed by atoms with van der Waals surface area (Å²) in [6.45, 7) is 3.51. The molecular formula is C8H9N2O2+. The third kappa shape index (κ3) is 1.27. The van der Waals surface area contributed by atoms with Crippen LogP contribution in [0.1, 0.15) is 5.56 Å². The van der Waals surface area contributed by atoms with E-state index in [1.54, 1.807) is 12.1 Å². The molecule has 0 heterocycles. The second-order valence-electron chi connectivity index (χ2n) is 2.26. The molecule has 4 nitrogen and oxygen atoms in total. The van der Waals surface area contributed by atoms with Crippen LogP contribution in [-0.2, 0) is 0 Å². The van der Waals surface area contributed by atoms with Crippen molar-refractivity contribution in [2.24, 2.45) is 0 Å². The lowest BCUT2D eigenvalue weighted by Gasteiger charge is -1.96. The average Bonchev–Trinajstić information content (AvgIpc) is 2.04. The van der Waals surface area contributed by atoms with E-state index in [0.29, 0.717) is 5.56 Å². The molecule has 0 unspecified atom stereocenters. The molecule has 0 aliphatic heterocycles. The van der Waals surface area contributed by atoms with Gasteiger partial charge in [0, 0.05) is 11.6 Å². The van der Waals surface area contributed by atoms with Crippen LogP contribution in [0.4, 0.5) is 11.4 Å². The van der Waals surface area contributed by atoms with E-state index in [1.807, 2.05) is 0 Å². The minimum absolute atomic E-state index is 0.0346. The molecule has 0 aliphatic rings. The molecule has 4 heteroatoms. The molecule has 0 amide bonds. The van der Waals surface area contributed by atoms with E-state index in [2.05, 4.69) is 6.58 Å². The largest absolute Gasteiger partial charge is 0.393 e. The van der Waals surface area contributed by atoms with Crippen molar-refractivity contribution in [3.8, 4) is 0 Å². The fourth-order valence-corrected chi connectivity index (χ4v) is 0.915. The molecule has 0 radical (unpaired) electrons. The van der Waals surface area contributed by atoms with Crippen LogP contribution in [0.5, 0.6) is 0 Å². The highest BCUT2D eigenvalue weighted by Crippen LogP contribution is 2.24. The fraction of sp³-hybridized carbons (Fsp3) is 0. The van der Waals surface area contributed by atoms with E-state index >= 15 is 0 Å². The Bertz CT molecular complexity index is 334. The molecule has 0 saturated carbocycles. The van der Waals surface area contributed by atoms with Crippen LogP contribution in [0, 0.1) is 4.91 Å². The van der Waals surface area contributed by atoms with E-state index in [0.717, 1.165) is 0 Å². The summed E-state index contributed by atoms with van der Waals surface area (Å²) in [7, 11) is 0. The van der Waals surface area contributed by atoms with E-state index in [1.165, 1.54) is 12.1 Å². The number of nitrogens with zero attached hydrogens (tertiary/aromatic N) is 1. The van der Waals surface area contributed by atoms with Crippen LogP contribution in [0.25, 0.3) is 6.08 Å². The lowest BCUT2D eigenvalue weighted by Crippen LogP contribution is -1.99. The Morgan fingerprint density at radius 2 is 2.25 bits per heavy atom. The Morgan fingerprint density at radius 3 is 2.75 bits per heavy atom. The van der Waals surface area contributed by atoms with Gasteiger partial charge < -0.3 is 5.73 Å². The fourth-order valence-electron chi connectivity index (χ4n) is 0.915. The molecule has 0 bridgehead atoms. The van der Waals surface area contributed by atoms with E-state index < -0.39 is 0 Å². The Morgan fingerprint density at radius 1 is 1.58 bits per heavy atom. The monoisotopic (exact) mass is 165 g/mol. The van der Waals surface area contributed by atoms with Gasteiger partial charge in [-0.25, -0.2) is 5.21 Å². The van der Waals surface area contributed by atoms with Crippen LogP contribution in [0.3, 0.4) is 0 Å². The summed E-state index contributed by atoms with van der Waals surface area (Å²) >= 11 is 0. The van der Waals surface area contributed by atoms with Crippen molar-refractivity contribution in [2.75, 3.05) is 5.73 Å². The number of hydrogen-bond donors (Lipinski definition) is 2. The molecule has 1 aromatic carbocycles. The minimum atomic E-state index is -0.262. The van der Waals surface area contributed by atoms with Crippen molar-refractivity contribution < 1.29 is 10.1 Å². The van der Waals surface area contributed by atoms with Gasteiger partial charge in [0.25, 0.3) is 4.92 Å². The third-order valence-corrected chi connectivity index (χ3v) is 1.54. The lowest BCUT2D eigenvalue weighted by molar-refractivity contribution is -0.729. The van der Waals surface area contributed by atoms with Gasteiger partial charge in [0.15, 0.2) is 0 Å². The van der Waals surface area contributed by atoms with Crippen molar-refractivity contribution in [1.82, 2.24) is 0 Å². The number of benzene rings is 1. The second kappa shape index (κ2) is 3.04. The normalized spacial score (nSPS) is 9.33. The highest BCUT2D eigenvalue weighted by atomic mass is 16.6. The Balaban J connectivity index is 3.32. The summed E-state index contributed by atoms with van der Waals surface area (Å²) in [5.41, 5.74) is 6.41. The molecule has 0 fully saturated rings. The number of anilines is 1. The first kappa shape index (κ1) is 8.26. The van der Waals surface area contributed by atoms with Gasteiger partial charge in [0.2, 0.25) is 0 Å². The summed E-state index contributed by atoms with van der Waals surface area (Å²) < 4.78 is 0. The SMILES string of the molecule is C=Cc1cccc([N+](=O)O)c1N. The first-order chi connectivity index (χ1) is 5.66. The summed E-state index contributed by atoms with van der Waals surface area (Å²) in [6, 6.07) is 4.74. The lowest BCUT2D eigenvalue weighted by atomic mass is 10.1. The number of rotatable bonds is 2. The van der Waals surface area contributed by atoms with Gasteiger partial charge in [0.1, 0.15) is 5.69 Å². The maximum absolute atomic E-state index is 10.5. The maximum atomic E-state index is 10.5. The second-order valence-corrected chi connectivity index (χ2v) is 2.26. The van der Waals surface area contributed by atoms with Gasteiger partial charge >= 0.3 is 5.69 Å². The van der Waals surface area contributed by atoms with E-state index in [-0.39, 0.29) is 16.3 Å².